The molecule has 1 aliphatic carbocycles. The van der Waals surface area contributed by atoms with Gasteiger partial charge in [-0.25, -0.2) is 55.5 Å². The number of nitrogens with one attached hydrogen (secondary N) is 7. The number of nitrogens with zero attached hydrogens (tertiary/aromatic N) is 7. The molecule has 58 heteroatoms. The van der Waals surface area contributed by atoms with Crippen LogP contribution in [0, 0.1) is 0 Å². The second-order valence-corrected chi connectivity index (χ2v) is 33.0. The summed E-state index contributed by atoms with van der Waals surface area (Å²) in [6.45, 7) is 0. The Bertz CT molecular complexity index is 5920. The van der Waals surface area contributed by atoms with E-state index in [1.165, 1.54) is 24.3 Å². The number of aliphatic imine (C=N–C) groups is 1. The van der Waals surface area contributed by atoms with Crippen molar-refractivity contribution < 1.29 is 293 Å². The minimum atomic E-state index is -6.10. The summed E-state index contributed by atoms with van der Waals surface area (Å²) >= 11 is 25.7. The molecule has 2 aromatic heterocycles. The zero-order valence-electron chi connectivity index (χ0n) is 53.6. The van der Waals surface area contributed by atoms with Gasteiger partial charge in [-0.2, -0.15) is 29.9 Å². The van der Waals surface area contributed by atoms with Gasteiger partial charge in [0.2, 0.25) is 34.4 Å². The molecule has 2 aliphatic heterocycles. The molecule has 106 heavy (non-hydrogen) atoms. The fourth-order valence-electron chi connectivity index (χ4n) is 9.40. The molecule has 526 valence electrons. The third kappa shape index (κ3) is 21.3. The zero-order chi connectivity index (χ0) is 73.2. The van der Waals surface area contributed by atoms with Crippen molar-refractivity contribution in [3.8, 4) is 17.2 Å². The van der Waals surface area contributed by atoms with Gasteiger partial charge >= 0.3 is 193 Å². The molecule has 0 bridgehead atoms. The van der Waals surface area contributed by atoms with E-state index in [0.717, 1.165) is 48.5 Å². The number of allylic oxidation sites excluding steroid dienone is 1. The Kier molecular flexibility index (Phi) is 30.9. The third-order valence-corrected chi connectivity index (χ3v) is 21.9. The van der Waals surface area contributed by atoms with Gasteiger partial charge in [0, 0.05) is 17.4 Å². The fraction of sp³-hybridized carbons (Fsp3) is 0.0208. The summed E-state index contributed by atoms with van der Waals surface area (Å²) in [5.41, 5.74) is -7.70. The summed E-state index contributed by atoms with van der Waals surface area (Å²) in [6.07, 6.45) is 1.40. The van der Waals surface area contributed by atoms with Crippen molar-refractivity contribution >= 4 is 219 Å². The van der Waals surface area contributed by atoms with Crippen molar-refractivity contribution in [3.63, 3.8) is 0 Å². The molecule has 0 spiro atoms. The largest absolute Gasteiger partial charge is 1.00 e. The van der Waals surface area contributed by atoms with Crippen LogP contribution in [-0.4, -0.2) is 138 Å². The minimum Gasteiger partial charge on any atom is -0.744 e. The van der Waals surface area contributed by atoms with Crippen LogP contribution in [0.3, 0.4) is 0 Å². The number of halogens is 4. The van der Waals surface area contributed by atoms with Crippen LogP contribution in [0.15, 0.2) is 143 Å². The van der Waals surface area contributed by atoms with Crippen LogP contribution < -0.4 is 235 Å². The quantitative estimate of drug-likeness (QED) is 0.0111. The van der Waals surface area contributed by atoms with E-state index in [0.29, 0.717) is 6.08 Å². The summed E-state index contributed by atoms with van der Waals surface area (Å²) in [5.74, 6) is -5.87. The summed E-state index contributed by atoms with van der Waals surface area (Å²) in [5, 5.41) is 13.4. The molecule has 40 nitrogen and oxygen atoms in total. The number of fused-ring (bicyclic) bond motifs is 4. The summed E-state index contributed by atoms with van der Waals surface area (Å²) < 4.78 is 270. The second-order valence-electron chi connectivity index (χ2n) is 20.1. The topological polar surface area (TPSA) is 651 Å². The second kappa shape index (κ2) is 34.7. The molecule has 1 unspecified atom stereocenters. The number of anilines is 13. The van der Waals surface area contributed by atoms with E-state index in [9.17, 15) is 107 Å². The SMILES string of the molecule is O=P(O)(O)c1cccc(Nc2nc(Cl)nc(Nc3cc(S(=O)(=O)[O-])c(Nc4ccc5c(c4S(=O)(=O)[O-])Oc4cc6c(c(Cl)c4N5)OC4=C(S(=O)(=O)[O-])C(Cl)(Nc5cc(S(=O)(=O)[O-])c(Nc7nc(Cl)nc(Nc8cccc(P(=O)(O)O)c8)n7)cc5S(=O)(=O)[O-])C=CC4=N6)cc3S(=O)(=O)[O-])n2)c1.[Na+].[Na+].[Na+].[Na+].[Na+].[Na+]. The molecule has 4 heterocycles. The number of ether oxygens (including phenoxy) is 2. The smallest absolute Gasteiger partial charge is 0.744 e. The number of aromatic nitrogens is 6. The molecule has 6 aromatic carbocycles. The minimum absolute atomic E-state index is 0. The van der Waals surface area contributed by atoms with Gasteiger partial charge in [0.15, 0.2) is 28.0 Å². The van der Waals surface area contributed by atoms with Gasteiger partial charge in [-0.1, -0.05) is 35.3 Å². The van der Waals surface area contributed by atoms with Crippen molar-refractivity contribution in [1.29, 1.82) is 0 Å². The molecular formula is C48H28Cl4N14Na6O26P2S6. The van der Waals surface area contributed by atoms with E-state index in [-0.39, 0.29) is 213 Å². The molecule has 0 saturated heterocycles. The van der Waals surface area contributed by atoms with E-state index < -0.39 is 234 Å². The first-order chi connectivity index (χ1) is 46.1. The van der Waals surface area contributed by atoms with Gasteiger partial charge in [0.05, 0.1) is 64.3 Å². The third-order valence-electron chi connectivity index (χ3n) is 13.3. The fourth-order valence-corrected chi connectivity index (χ4v) is 15.9. The van der Waals surface area contributed by atoms with Crippen molar-refractivity contribution in [2.45, 2.75) is 29.5 Å². The number of rotatable bonds is 20. The van der Waals surface area contributed by atoms with Crippen LogP contribution in [0.1, 0.15) is 0 Å². The Morgan fingerprint density at radius 3 is 1.30 bits per heavy atom. The maximum atomic E-state index is 13.4. The first-order valence-electron chi connectivity index (χ1n) is 25.9. The zero-order valence-corrected chi connectivity index (χ0v) is 75.3. The van der Waals surface area contributed by atoms with Gasteiger partial charge in [-0.15, -0.1) is 0 Å². The summed E-state index contributed by atoms with van der Waals surface area (Å²) in [7, 11) is -45.1. The van der Waals surface area contributed by atoms with Gasteiger partial charge in [0.1, 0.15) is 92.6 Å². The Morgan fingerprint density at radius 2 is 0.887 bits per heavy atom. The predicted molar refractivity (Wildman–Crippen MR) is 342 cm³/mol. The van der Waals surface area contributed by atoms with E-state index >= 15 is 0 Å². The number of benzene rings is 6. The molecule has 11 N–H and O–H groups in total. The standard InChI is InChI=1S/C48H34Cl4N14O26P2S6.6Na/c49-35-36-30(91-38-22(57-36)7-8-24(40(38)99(85,86)87)56-25-14-32(96(76,77)78)26(15-31(25)95(73,74)75)58-46-62-42(50)60-44(64-46)53-18-3-1-5-20(11-18)93(67,68)69)13-29-37(35)92-39-23(55-29)9-10-48(52,41(39)100(88,89)90)66-28-17-33(97(79,80)81)27(16-34(28)98(82,83)84)59-47-63-43(51)61-45(65-47)54-19-4-2-6-21(12-19)94(70,71)72;;;;;;/h1-17,56-57,66H,(H2,67,68,69)(H2,70,71,72)(H,73,74,75)(H,76,77,78)(H,79,80,81)(H,82,83,84)(H,85,86,87)(H,88,89,90)(H2,53,58,60,62,64)(H2,54,59,61,63,65);;;;;;/q;6*+1/p-6. The van der Waals surface area contributed by atoms with E-state index in [1.807, 2.05) is 0 Å². The molecule has 0 amide bonds. The number of hydrogen-bond donors (Lipinski definition) is 11. The Hall–Kier alpha value is -2.39. The van der Waals surface area contributed by atoms with Crippen LogP contribution in [0.25, 0.3) is 0 Å². The molecule has 0 saturated carbocycles. The molecule has 0 fully saturated rings. The Labute approximate surface area is 749 Å². The van der Waals surface area contributed by atoms with Crippen LogP contribution in [0.2, 0.25) is 15.6 Å². The van der Waals surface area contributed by atoms with Crippen LogP contribution in [-0.2, 0) is 69.8 Å². The number of alkyl halides is 1. The van der Waals surface area contributed by atoms with E-state index in [4.69, 9.17) is 55.9 Å². The summed E-state index contributed by atoms with van der Waals surface area (Å²) in [6, 6.07) is 12.7. The molecule has 11 rings (SSSR count). The maximum absolute atomic E-state index is 13.4. The number of hydrogen-bond acceptors (Lipinski definition) is 36. The molecule has 1 atom stereocenters. The van der Waals surface area contributed by atoms with E-state index in [1.54, 1.807) is 0 Å². The average Bonchev–Trinajstić information content (AvgIpc) is 0.724. The van der Waals surface area contributed by atoms with Crippen LogP contribution >= 0.6 is 61.6 Å². The van der Waals surface area contributed by atoms with Gasteiger partial charge in [0.25, 0.3) is 0 Å². The van der Waals surface area contributed by atoms with Crippen LogP contribution in [0.5, 0.6) is 17.2 Å². The van der Waals surface area contributed by atoms with Crippen LogP contribution in [0.4, 0.5) is 80.7 Å². The van der Waals surface area contributed by atoms with Crippen molar-refractivity contribution in [2.75, 3.05) is 37.2 Å². The maximum Gasteiger partial charge on any atom is 1.00 e. The predicted octanol–water partition coefficient (Wildman–Crippen LogP) is -13.4. The molecule has 3 aliphatic rings. The normalized spacial score (nSPS) is 14.6. The van der Waals surface area contributed by atoms with Crippen molar-refractivity contribution in [1.82, 2.24) is 29.9 Å². The van der Waals surface area contributed by atoms with Crippen molar-refractivity contribution in [2.24, 2.45) is 4.99 Å². The van der Waals surface area contributed by atoms with Gasteiger partial charge < -0.3 is 93.6 Å². The molecule has 0 radical (unpaired) electrons. The molecular weight excluding hydrogens is 1720 g/mol. The Balaban J connectivity index is 0.00000336. The van der Waals surface area contributed by atoms with E-state index in [2.05, 4.69) is 72.1 Å². The first-order valence-corrected chi connectivity index (χ1v) is 39.1. The summed E-state index contributed by atoms with van der Waals surface area (Å²) in [4.78, 5) is 53.4. The first kappa shape index (κ1) is 94.2. The van der Waals surface area contributed by atoms with Crippen molar-refractivity contribution in [3.05, 3.63) is 129 Å². The van der Waals surface area contributed by atoms with Gasteiger partial charge in [-0.3, -0.25) is 9.13 Å². The average molecular weight is 1750 g/mol. The Morgan fingerprint density at radius 1 is 0.472 bits per heavy atom. The monoisotopic (exact) mass is 1750 g/mol. The van der Waals surface area contributed by atoms with Gasteiger partial charge in [-0.05, 0) is 108 Å². The molecule has 8 aromatic rings.